The minimum absolute atomic E-state index is 0.231. The number of rotatable bonds is 16. The highest BCUT2D eigenvalue weighted by Gasteiger charge is 2.42. The molecule has 1 aromatic heterocycles. The second-order valence-corrected chi connectivity index (χ2v) is 9.58. The van der Waals surface area contributed by atoms with Gasteiger partial charge in [-0.2, -0.15) is 0 Å². The number of carboxylic acids is 1. The molecule has 16 heteroatoms. The standard InChI is InChI=1S/C28H32N4O12/c1-6-18(13-42-28(7-8-33,27(36)37)31-22(34)14-43-32(38)39)44-24-15(2)9-17(10-16(24)3)25-29-20-11-19(40-4)12-21(41-5)23(20)26(35)30-25/h8-12,18H,6-7,13-14H2,1-5H3,(H,31,34)(H,36,37)(H,29,30,35). The van der Waals surface area contributed by atoms with Crippen molar-refractivity contribution in [3.05, 3.63) is 55.9 Å². The monoisotopic (exact) mass is 616 g/mol. The number of nitrogens with zero attached hydrogens (tertiary/aromatic N) is 2. The van der Waals surface area contributed by atoms with Gasteiger partial charge in [0, 0.05) is 17.7 Å². The summed E-state index contributed by atoms with van der Waals surface area (Å²) in [6, 6.07) is 6.71. The quantitative estimate of drug-likeness (QED) is 0.0910. The van der Waals surface area contributed by atoms with Gasteiger partial charge in [0.05, 0.1) is 32.8 Å². The van der Waals surface area contributed by atoms with Gasteiger partial charge >= 0.3 is 5.97 Å². The molecule has 0 saturated carbocycles. The lowest BCUT2D eigenvalue weighted by atomic mass is 10.0. The van der Waals surface area contributed by atoms with Gasteiger partial charge in [0.25, 0.3) is 10.6 Å². The largest absolute Gasteiger partial charge is 0.497 e. The summed E-state index contributed by atoms with van der Waals surface area (Å²) in [6.45, 7) is 3.82. The third-order valence-electron chi connectivity index (χ3n) is 6.55. The van der Waals surface area contributed by atoms with Crippen LogP contribution in [-0.4, -0.2) is 77.6 Å². The van der Waals surface area contributed by atoms with Crippen LogP contribution in [0.2, 0.25) is 0 Å². The van der Waals surface area contributed by atoms with E-state index in [0.29, 0.717) is 51.7 Å². The van der Waals surface area contributed by atoms with Crippen LogP contribution in [0.1, 0.15) is 30.9 Å². The number of hydrogen-bond acceptors (Lipinski definition) is 12. The van der Waals surface area contributed by atoms with Crippen molar-refractivity contribution in [2.24, 2.45) is 0 Å². The van der Waals surface area contributed by atoms with E-state index in [1.54, 1.807) is 45.0 Å². The number of carboxylic acid groups (broad SMARTS) is 1. The SMILES string of the molecule is CCC(COC(CC=O)(NC(=O)CO[N+](=O)[O-])C(=O)O)Oc1c(C)cc(-c2nc3cc(OC)cc(OC)c3c(=O)[nH]2)cc1C. The van der Waals surface area contributed by atoms with Gasteiger partial charge in [-0.05, 0) is 43.5 Å². The van der Waals surface area contributed by atoms with Crippen LogP contribution in [0.3, 0.4) is 0 Å². The number of methoxy groups -OCH3 is 2. The maximum atomic E-state index is 13.0. The first-order valence-corrected chi connectivity index (χ1v) is 13.2. The summed E-state index contributed by atoms with van der Waals surface area (Å²) in [5.41, 5.74) is -0.639. The first-order valence-electron chi connectivity index (χ1n) is 13.2. The fourth-order valence-electron chi connectivity index (χ4n) is 4.38. The normalized spacial score (nSPS) is 12.9. The first kappa shape index (κ1) is 33.3. The Labute approximate surface area is 250 Å². The van der Waals surface area contributed by atoms with E-state index in [-0.39, 0.29) is 18.3 Å². The van der Waals surface area contributed by atoms with Gasteiger partial charge in [0.1, 0.15) is 40.8 Å². The molecule has 16 nitrogen and oxygen atoms in total. The zero-order chi connectivity index (χ0) is 32.6. The molecule has 236 valence electrons. The Morgan fingerprint density at radius 2 is 1.86 bits per heavy atom. The molecule has 0 aliphatic heterocycles. The molecule has 0 fully saturated rings. The highest BCUT2D eigenvalue weighted by molar-refractivity contribution is 5.88. The number of benzene rings is 2. The molecule has 0 radical (unpaired) electrons. The summed E-state index contributed by atoms with van der Waals surface area (Å²) >= 11 is 0. The summed E-state index contributed by atoms with van der Waals surface area (Å²) in [6.07, 6.45) is -0.965. The lowest BCUT2D eigenvalue weighted by Crippen LogP contribution is -2.58. The molecule has 3 rings (SSSR count). The van der Waals surface area contributed by atoms with Gasteiger partial charge in [-0.15, -0.1) is 10.1 Å². The van der Waals surface area contributed by atoms with Crippen LogP contribution < -0.4 is 25.1 Å². The van der Waals surface area contributed by atoms with Gasteiger partial charge in [-0.25, -0.2) is 9.78 Å². The van der Waals surface area contributed by atoms with E-state index in [0.717, 1.165) is 0 Å². The minimum Gasteiger partial charge on any atom is -0.497 e. The second kappa shape index (κ2) is 14.3. The third kappa shape index (κ3) is 7.57. The van der Waals surface area contributed by atoms with Crippen LogP contribution >= 0.6 is 0 Å². The minimum atomic E-state index is -2.51. The summed E-state index contributed by atoms with van der Waals surface area (Å²) in [5.74, 6) is -1.35. The number of aromatic nitrogens is 2. The second-order valence-electron chi connectivity index (χ2n) is 9.58. The van der Waals surface area contributed by atoms with Crippen LogP contribution in [-0.2, 0) is 24.0 Å². The van der Waals surface area contributed by atoms with Gasteiger partial charge in [0.2, 0.25) is 11.6 Å². The Morgan fingerprint density at radius 3 is 2.41 bits per heavy atom. The molecule has 2 aromatic carbocycles. The Morgan fingerprint density at radius 1 is 1.18 bits per heavy atom. The highest BCUT2D eigenvalue weighted by atomic mass is 17.0. The van der Waals surface area contributed by atoms with E-state index in [1.807, 2.05) is 5.32 Å². The van der Waals surface area contributed by atoms with Crippen molar-refractivity contribution in [1.82, 2.24) is 15.3 Å². The van der Waals surface area contributed by atoms with Crippen molar-refractivity contribution in [3.63, 3.8) is 0 Å². The molecular formula is C28H32N4O12. The molecule has 3 aromatic rings. The average Bonchev–Trinajstić information content (AvgIpc) is 2.98. The Balaban J connectivity index is 1.87. The lowest BCUT2D eigenvalue weighted by molar-refractivity contribution is -0.754. The molecule has 1 amide bonds. The third-order valence-corrected chi connectivity index (χ3v) is 6.55. The van der Waals surface area contributed by atoms with Crippen molar-refractivity contribution < 1.29 is 48.4 Å². The van der Waals surface area contributed by atoms with Crippen LogP contribution in [0.4, 0.5) is 0 Å². The number of aryl methyl sites for hydroxylation is 2. The lowest BCUT2D eigenvalue weighted by Gasteiger charge is -2.31. The number of carbonyl (C=O) groups excluding carboxylic acids is 2. The van der Waals surface area contributed by atoms with Gasteiger partial charge in [-0.1, -0.05) is 6.92 Å². The number of aromatic amines is 1. The molecule has 2 unspecified atom stereocenters. The number of H-pyrrole nitrogens is 1. The van der Waals surface area contributed by atoms with Crippen molar-refractivity contribution in [2.75, 3.05) is 27.4 Å². The van der Waals surface area contributed by atoms with E-state index < -0.39 is 47.4 Å². The van der Waals surface area contributed by atoms with Crippen molar-refractivity contribution in [1.29, 1.82) is 0 Å². The van der Waals surface area contributed by atoms with E-state index >= 15 is 0 Å². The van der Waals surface area contributed by atoms with Crippen LogP contribution in [0.25, 0.3) is 22.3 Å². The smallest absolute Gasteiger partial charge is 0.357 e. The molecule has 44 heavy (non-hydrogen) atoms. The number of fused-ring (bicyclic) bond motifs is 1. The van der Waals surface area contributed by atoms with Crippen molar-refractivity contribution >= 4 is 29.1 Å². The van der Waals surface area contributed by atoms with Gasteiger partial charge < -0.3 is 44.0 Å². The molecule has 0 bridgehead atoms. The van der Waals surface area contributed by atoms with E-state index in [9.17, 15) is 34.4 Å². The van der Waals surface area contributed by atoms with Gasteiger partial charge in [-0.3, -0.25) is 9.59 Å². The number of aldehydes is 1. The predicted molar refractivity (Wildman–Crippen MR) is 153 cm³/mol. The van der Waals surface area contributed by atoms with Crippen LogP contribution in [0.5, 0.6) is 17.2 Å². The first-order chi connectivity index (χ1) is 20.9. The number of ether oxygens (including phenoxy) is 4. The molecule has 0 saturated heterocycles. The average molecular weight is 617 g/mol. The molecule has 0 aliphatic rings. The molecule has 3 N–H and O–H groups in total. The van der Waals surface area contributed by atoms with E-state index in [4.69, 9.17) is 18.9 Å². The fraction of sp³-hybridized carbons (Fsp3) is 0.393. The Bertz CT molecular complexity index is 1600. The van der Waals surface area contributed by atoms with E-state index in [2.05, 4.69) is 14.8 Å². The molecule has 0 aliphatic carbocycles. The number of hydrogen-bond donors (Lipinski definition) is 3. The molecule has 2 atom stereocenters. The summed E-state index contributed by atoms with van der Waals surface area (Å²) in [7, 11) is 2.93. The van der Waals surface area contributed by atoms with Crippen LogP contribution in [0, 0.1) is 24.0 Å². The fourth-order valence-corrected chi connectivity index (χ4v) is 4.38. The zero-order valence-corrected chi connectivity index (χ0v) is 24.6. The zero-order valence-electron chi connectivity index (χ0n) is 24.6. The number of amides is 1. The Hall–Kier alpha value is -5.25. The number of nitrogens with one attached hydrogen (secondary N) is 2. The van der Waals surface area contributed by atoms with E-state index in [1.165, 1.54) is 14.2 Å². The topological polar surface area (TPSA) is 219 Å². The van der Waals surface area contributed by atoms with Gasteiger partial charge in [0.15, 0.2) is 6.61 Å². The molecule has 1 heterocycles. The maximum absolute atomic E-state index is 13.0. The Kier molecular flexibility index (Phi) is 10.8. The summed E-state index contributed by atoms with van der Waals surface area (Å²) in [4.78, 5) is 70.1. The van der Waals surface area contributed by atoms with Crippen molar-refractivity contribution in [2.45, 2.75) is 45.4 Å². The number of carbonyl (C=O) groups is 3. The summed E-state index contributed by atoms with van der Waals surface area (Å²) in [5, 5.41) is 21.2. The van der Waals surface area contributed by atoms with Crippen LogP contribution in [0.15, 0.2) is 29.1 Å². The predicted octanol–water partition coefficient (Wildman–Crippen LogP) is 2.09. The highest BCUT2D eigenvalue weighted by Crippen LogP contribution is 2.32. The maximum Gasteiger partial charge on any atom is 0.357 e. The summed E-state index contributed by atoms with van der Waals surface area (Å²) < 4.78 is 22.3. The number of aliphatic carboxylic acids is 1. The van der Waals surface area contributed by atoms with Crippen molar-refractivity contribution in [3.8, 4) is 28.6 Å². The molecule has 0 spiro atoms. The molecular weight excluding hydrogens is 584 g/mol.